The van der Waals surface area contributed by atoms with Crippen molar-refractivity contribution in [1.29, 1.82) is 0 Å². The summed E-state index contributed by atoms with van der Waals surface area (Å²) in [7, 11) is 0. The highest BCUT2D eigenvalue weighted by molar-refractivity contribution is 6.24. The summed E-state index contributed by atoms with van der Waals surface area (Å²) in [6, 6.07) is 13.9. The molecule has 0 atom stereocenters. The number of rotatable bonds is 9. The van der Waals surface area contributed by atoms with Crippen LogP contribution in [0.3, 0.4) is 0 Å². The van der Waals surface area contributed by atoms with E-state index >= 15 is 0 Å². The summed E-state index contributed by atoms with van der Waals surface area (Å²) in [4.78, 5) is 17.3. The van der Waals surface area contributed by atoms with Gasteiger partial charge in [0.05, 0.1) is 6.61 Å². The molecule has 0 radical (unpaired) electrons. The van der Waals surface area contributed by atoms with Crippen LogP contribution in [-0.2, 0) is 0 Å². The molecule has 1 aliphatic carbocycles. The Morgan fingerprint density at radius 2 is 1.68 bits per heavy atom. The molecule has 3 nitrogen and oxygen atoms in total. The molecule has 144 valence electrons. The zero-order chi connectivity index (χ0) is 19.3. The number of carbonyl (C=O) groups is 1. The average Bonchev–Trinajstić information content (AvgIpc) is 2.73. The van der Waals surface area contributed by atoms with Gasteiger partial charge in [0.15, 0.2) is 0 Å². The van der Waals surface area contributed by atoms with Crippen LogP contribution < -0.4 is 4.74 Å². The second-order valence-corrected chi connectivity index (χ2v) is 7.57. The molecule has 3 aromatic rings. The van der Waals surface area contributed by atoms with Crippen molar-refractivity contribution >= 4 is 16.6 Å². The predicted octanol–water partition coefficient (Wildman–Crippen LogP) is 6.58. The largest absolute Gasteiger partial charge is 0.494 e. The lowest BCUT2D eigenvalue weighted by Gasteiger charge is -2.19. The molecule has 0 saturated carbocycles. The maximum atomic E-state index is 12.9. The van der Waals surface area contributed by atoms with Gasteiger partial charge in [-0.25, -0.2) is 0 Å². The van der Waals surface area contributed by atoms with E-state index in [0.717, 1.165) is 40.7 Å². The van der Waals surface area contributed by atoms with E-state index in [1.165, 1.54) is 38.5 Å². The van der Waals surface area contributed by atoms with E-state index in [2.05, 4.69) is 18.0 Å². The Morgan fingerprint density at radius 1 is 0.857 bits per heavy atom. The van der Waals surface area contributed by atoms with Gasteiger partial charge in [-0.3, -0.25) is 9.78 Å². The Labute approximate surface area is 166 Å². The first-order valence-corrected chi connectivity index (χ1v) is 10.5. The van der Waals surface area contributed by atoms with Gasteiger partial charge in [0.1, 0.15) is 11.4 Å². The Balaban J connectivity index is 1.47. The number of hydrogen-bond acceptors (Lipinski definition) is 3. The molecule has 0 saturated heterocycles. The van der Waals surface area contributed by atoms with Gasteiger partial charge in [-0.05, 0) is 47.2 Å². The average molecular weight is 373 g/mol. The van der Waals surface area contributed by atoms with Gasteiger partial charge in [0.2, 0.25) is 5.78 Å². The highest BCUT2D eigenvalue weighted by atomic mass is 16.5. The van der Waals surface area contributed by atoms with Gasteiger partial charge in [-0.2, -0.15) is 0 Å². The molecule has 0 fully saturated rings. The lowest BCUT2D eigenvalue weighted by molar-refractivity contribution is 0.103. The van der Waals surface area contributed by atoms with Crippen molar-refractivity contribution in [3.63, 3.8) is 0 Å². The van der Waals surface area contributed by atoms with Crippen molar-refractivity contribution in [2.75, 3.05) is 6.61 Å². The van der Waals surface area contributed by atoms with Crippen LogP contribution >= 0.6 is 0 Å². The minimum absolute atomic E-state index is 0.00192. The number of benzene rings is 2. The van der Waals surface area contributed by atoms with Crippen molar-refractivity contribution in [2.45, 2.75) is 51.9 Å². The molecular weight excluding hydrogens is 346 g/mol. The molecule has 1 heterocycles. The second-order valence-electron chi connectivity index (χ2n) is 7.57. The molecule has 0 N–H and O–H groups in total. The van der Waals surface area contributed by atoms with E-state index in [9.17, 15) is 4.79 Å². The minimum Gasteiger partial charge on any atom is -0.494 e. The first-order valence-electron chi connectivity index (χ1n) is 10.5. The second kappa shape index (κ2) is 8.55. The van der Waals surface area contributed by atoms with Crippen molar-refractivity contribution in [1.82, 2.24) is 4.98 Å². The van der Waals surface area contributed by atoms with E-state index in [1.807, 2.05) is 36.4 Å². The third-order valence-electron chi connectivity index (χ3n) is 5.55. The van der Waals surface area contributed by atoms with Crippen molar-refractivity contribution in [3.05, 3.63) is 59.9 Å². The number of aromatic nitrogens is 1. The summed E-state index contributed by atoms with van der Waals surface area (Å²) in [5, 5.41) is 2.00. The molecular formula is C25H27NO2. The third-order valence-corrected chi connectivity index (χ3v) is 5.55. The molecule has 0 aliphatic heterocycles. The van der Waals surface area contributed by atoms with Crippen molar-refractivity contribution in [3.8, 4) is 16.9 Å². The number of fused-ring (bicyclic) bond motifs is 2. The molecule has 0 unspecified atom stereocenters. The number of nitrogens with zero attached hydrogens (tertiary/aromatic N) is 1. The summed E-state index contributed by atoms with van der Waals surface area (Å²) in [5.74, 6) is 0.833. The smallest absolute Gasteiger partial charge is 0.212 e. The number of carbonyl (C=O) groups excluding carboxylic acids is 1. The topological polar surface area (TPSA) is 39.2 Å². The van der Waals surface area contributed by atoms with E-state index < -0.39 is 0 Å². The van der Waals surface area contributed by atoms with Crippen LogP contribution in [0.4, 0.5) is 0 Å². The highest BCUT2D eigenvalue weighted by Gasteiger charge is 2.26. The standard InChI is InChI=1S/C25H27NO2/c1-2-3-4-5-6-7-8-16-28-19-12-13-21-22(17-19)20-11-9-10-18-14-15-26-24(23(18)20)25(21)27/h9-15,17H,2-8,16H2,1H3. The highest BCUT2D eigenvalue weighted by Crippen LogP contribution is 2.39. The molecule has 0 spiro atoms. The van der Waals surface area contributed by atoms with Crippen LogP contribution in [0.15, 0.2) is 48.7 Å². The molecule has 0 bridgehead atoms. The van der Waals surface area contributed by atoms with Crippen LogP contribution in [-0.4, -0.2) is 17.4 Å². The van der Waals surface area contributed by atoms with E-state index in [0.29, 0.717) is 11.3 Å². The molecule has 4 rings (SSSR count). The predicted molar refractivity (Wildman–Crippen MR) is 114 cm³/mol. The number of ketones is 1. The summed E-state index contributed by atoms with van der Waals surface area (Å²) in [5.41, 5.74) is 3.28. The normalized spacial score (nSPS) is 12.2. The maximum absolute atomic E-state index is 12.9. The first-order chi connectivity index (χ1) is 13.8. The summed E-state index contributed by atoms with van der Waals surface area (Å²) in [6.45, 7) is 2.97. The fourth-order valence-electron chi connectivity index (χ4n) is 4.04. The molecule has 3 heteroatoms. The minimum atomic E-state index is -0.00192. The van der Waals surface area contributed by atoms with Crippen molar-refractivity contribution < 1.29 is 9.53 Å². The molecule has 0 amide bonds. The molecule has 1 aromatic heterocycles. The monoisotopic (exact) mass is 373 g/mol. The molecule has 2 aromatic carbocycles. The molecule has 28 heavy (non-hydrogen) atoms. The Bertz CT molecular complexity index is 988. The Kier molecular flexibility index (Phi) is 5.70. The van der Waals surface area contributed by atoms with Crippen LogP contribution in [0, 0.1) is 0 Å². The van der Waals surface area contributed by atoms with Gasteiger partial charge in [0.25, 0.3) is 0 Å². The fourth-order valence-corrected chi connectivity index (χ4v) is 4.04. The summed E-state index contributed by atoms with van der Waals surface area (Å²) < 4.78 is 5.99. The summed E-state index contributed by atoms with van der Waals surface area (Å²) in [6.07, 6.45) is 10.6. The number of unbranched alkanes of at least 4 members (excludes halogenated alkanes) is 6. The Morgan fingerprint density at radius 3 is 2.54 bits per heavy atom. The Hall–Kier alpha value is -2.68. The summed E-state index contributed by atoms with van der Waals surface area (Å²) >= 11 is 0. The zero-order valence-electron chi connectivity index (χ0n) is 16.5. The maximum Gasteiger partial charge on any atom is 0.212 e. The number of ether oxygens (including phenoxy) is 1. The van der Waals surface area contributed by atoms with Crippen LogP contribution in [0.5, 0.6) is 5.75 Å². The SMILES string of the molecule is CCCCCCCCCOc1ccc2c(c1)-c1cccc3ccnc(c13)C2=O. The van der Waals surface area contributed by atoms with Gasteiger partial charge >= 0.3 is 0 Å². The van der Waals surface area contributed by atoms with Crippen LogP contribution in [0.25, 0.3) is 21.9 Å². The lowest BCUT2D eigenvalue weighted by Crippen LogP contribution is -2.12. The van der Waals surface area contributed by atoms with Crippen LogP contribution in [0.2, 0.25) is 0 Å². The lowest BCUT2D eigenvalue weighted by atomic mass is 9.85. The first kappa shape index (κ1) is 18.7. The van der Waals surface area contributed by atoms with E-state index in [1.54, 1.807) is 6.20 Å². The zero-order valence-corrected chi connectivity index (χ0v) is 16.5. The quantitative estimate of drug-likeness (QED) is 0.311. The number of pyridine rings is 1. The van der Waals surface area contributed by atoms with Crippen molar-refractivity contribution in [2.24, 2.45) is 0 Å². The van der Waals surface area contributed by atoms with E-state index in [4.69, 9.17) is 4.74 Å². The number of hydrogen-bond donors (Lipinski definition) is 0. The van der Waals surface area contributed by atoms with Crippen LogP contribution in [0.1, 0.15) is 67.9 Å². The van der Waals surface area contributed by atoms with E-state index in [-0.39, 0.29) is 5.78 Å². The third kappa shape index (κ3) is 3.66. The van der Waals surface area contributed by atoms with Gasteiger partial charge in [-0.1, -0.05) is 63.6 Å². The van der Waals surface area contributed by atoms with Gasteiger partial charge in [0, 0.05) is 17.1 Å². The van der Waals surface area contributed by atoms with Gasteiger partial charge < -0.3 is 4.74 Å². The fraction of sp³-hybridized carbons (Fsp3) is 0.360. The molecule has 1 aliphatic rings. The van der Waals surface area contributed by atoms with Gasteiger partial charge in [-0.15, -0.1) is 0 Å².